The molecule has 0 fully saturated rings. The highest BCUT2D eigenvalue weighted by Crippen LogP contribution is 2.29. The third kappa shape index (κ3) is 3.27. The lowest BCUT2D eigenvalue weighted by Gasteiger charge is -2.09. The van der Waals surface area contributed by atoms with Crippen LogP contribution in [0.25, 0.3) is 16.9 Å². The fourth-order valence-electron chi connectivity index (χ4n) is 3.13. The van der Waals surface area contributed by atoms with E-state index < -0.39 is 5.97 Å². The first-order valence-electron chi connectivity index (χ1n) is 8.92. The molecule has 0 amide bonds. The van der Waals surface area contributed by atoms with Gasteiger partial charge in [-0.25, -0.2) is 9.48 Å². The van der Waals surface area contributed by atoms with Gasteiger partial charge < -0.3 is 5.11 Å². The summed E-state index contributed by atoms with van der Waals surface area (Å²) in [6.07, 6.45) is 1.51. The van der Waals surface area contributed by atoms with E-state index in [-0.39, 0.29) is 0 Å². The summed E-state index contributed by atoms with van der Waals surface area (Å²) in [6, 6.07) is 13.9. The van der Waals surface area contributed by atoms with Gasteiger partial charge in [-0.2, -0.15) is 5.10 Å². The summed E-state index contributed by atoms with van der Waals surface area (Å²) in [5.41, 5.74) is 6.80. The van der Waals surface area contributed by atoms with E-state index in [9.17, 15) is 9.90 Å². The normalized spacial score (nSPS) is 10.9. The Kier molecular flexibility index (Phi) is 4.94. The molecule has 0 aliphatic carbocycles. The Labute approximate surface area is 154 Å². The van der Waals surface area contributed by atoms with Crippen LogP contribution in [0.4, 0.5) is 0 Å². The second-order valence-electron chi connectivity index (χ2n) is 6.77. The predicted molar refractivity (Wildman–Crippen MR) is 104 cm³/mol. The van der Waals surface area contributed by atoms with E-state index in [1.807, 2.05) is 43.3 Å². The Morgan fingerprint density at radius 3 is 2.31 bits per heavy atom. The van der Waals surface area contributed by atoms with E-state index in [0.29, 0.717) is 17.7 Å². The molecule has 0 radical (unpaired) electrons. The lowest BCUT2D eigenvalue weighted by molar-refractivity contribution is 0.0696. The molecule has 4 heteroatoms. The van der Waals surface area contributed by atoms with Gasteiger partial charge in [0.15, 0.2) is 0 Å². The quantitative estimate of drug-likeness (QED) is 0.696. The van der Waals surface area contributed by atoms with E-state index in [4.69, 9.17) is 5.10 Å². The smallest absolute Gasteiger partial charge is 0.339 e. The number of nitrogens with zero attached hydrogens (tertiary/aromatic N) is 2. The van der Waals surface area contributed by atoms with E-state index in [1.165, 1.54) is 5.56 Å². The number of benzene rings is 2. The van der Waals surface area contributed by atoms with Gasteiger partial charge in [0.1, 0.15) is 11.3 Å². The molecule has 1 aromatic heterocycles. The molecule has 0 bridgehead atoms. The summed E-state index contributed by atoms with van der Waals surface area (Å²) >= 11 is 0. The number of hydrogen-bond acceptors (Lipinski definition) is 2. The minimum absolute atomic E-state index is 0.300. The van der Waals surface area contributed by atoms with Crippen LogP contribution in [0.1, 0.15) is 46.1 Å². The van der Waals surface area contributed by atoms with Crippen LogP contribution in [-0.4, -0.2) is 20.9 Å². The van der Waals surface area contributed by atoms with Crippen molar-refractivity contribution in [3.63, 3.8) is 0 Å². The number of hydrogen-bond donors (Lipinski definition) is 1. The van der Waals surface area contributed by atoms with Gasteiger partial charge in [-0.3, -0.25) is 0 Å². The summed E-state index contributed by atoms with van der Waals surface area (Å²) in [5, 5.41) is 14.6. The molecule has 2 aromatic carbocycles. The number of carboxylic acids is 1. The van der Waals surface area contributed by atoms with Gasteiger partial charge >= 0.3 is 5.97 Å². The zero-order chi connectivity index (χ0) is 18.8. The Bertz CT molecular complexity index is 953. The minimum atomic E-state index is -0.931. The Balaban J connectivity index is 2.27. The number of aromatic carboxylic acids is 1. The Morgan fingerprint density at radius 2 is 1.73 bits per heavy atom. The van der Waals surface area contributed by atoms with Crippen molar-refractivity contribution in [3.05, 3.63) is 70.4 Å². The summed E-state index contributed by atoms with van der Waals surface area (Å²) in [5.74, 6) is -0.931. The highest BCUT2D eigenvalue weighted by atomic mass is 16.4. The second-order valence-corrected chi connectivity index (χ2v) is 6.77. The van der Waals surface area contributed by atoms with Crippen molar-refractivity contribution < 1.29 is 9.90 Å². The molecule has 4 nitrogen and oxygen atoms in total. The number of carboxylic acid groups (broad SMARTS) is 1. The largest absolute Gasteiger partial charge is 0.478 e. The minimum Gasteiger partial charge on any atom is -0.478 e. The van der Waals surface area contributed by atoms with Crippen molar-refractivity contribution in [2.45, 2.75) is 40.5 Å². The van der Waals surface area contributed by atoms with Crippen LogP contribution < -0.4 is 0 Å². The first kappa shape index (κ1) is 17.9. The van der Waals surface area contributed by atoms with Crippen molar-refractivity contribution >= 4 is 5.97 Å². The van der Waals surface area contributed by atoms with Gasteiger partial charge in [-0.05, 0) is 50.5 Å². The van der Waals surface area contributed by atoms with E-state index >= 15 is 0 Å². The topological polar surface area (TPSA) is 55.1 Å². The van der Waals surface area contributed by atoms with Crippen LogP contribution in [0.2, 0.25) is 0 Å². The fourth-order valence-corrected chi connectivity index (χ4v) is 3.13. The molecule has 0 unspecified atom stereocenters. The summed E-state index contributed by atoms with van der Waals surface area (Å²) in [4.78, 5) is 12.1. The van der Waals surface area contributed by atoms with Crippen molar-refractivity contribution in [1.29, 1.82) is 0 Å². The lowest BCUT2D eigenvalue weighted by atomic mass is 10.0. The van der Waals surface area contributed by atoms with Crippen LogP contribution in [0.5, 0.6) is 0 Å². The van der Waals surface area contributed by atoms with Gasteiger partial charge in [0.25, 0.3) is 0 Å². The van der Waals surface area contributed by atoms with E-state index in [2.05, 4.69) is 26.8 Å². The molecule has 0 aliphatic rings. The van der Waals surface area contributed by atoms with Crippen LogP contribution >= 0.6 is 0 Å². The predicted octanol–water partition coefficient (Wildman–Crippen LogP) is 5.12. The van der Waals surface area contributed by atoms with Gasteiger partial charge in [0, 0.05) is 5.56 Å². The van der Waals surface area contributed by atoms with Crippen LogP contribution in [0.15, 0.2) is 42.5 Å². The second kappa shape index (κ2) is 7.16. The molecular formula is C22H24N2O2. The van der Waals surface area contributed by atoms with Gasteiger partial charge in [0.05, 0.1) is 11.4 Å². The molecule has 0 aliphatic heterocycles. The number of carbonyl (C=O) groups is 1. The monoisotopic (exact) mass is 348 g/mol. The highest BCUT2D eigenvalue weighted by Gasteiger charge is 2.24. The molecule has 0 atom stereocenters. The SMILES string of the molecule is CCCc1c(C(=O)O)c(-c2ccc(C)cc2)nn1-c1ccc(C)c(C)c1. The van der Waals surface area contributed by atoms with E-state index in [0.717, 1.165) is 34.5 Å². The number of rotatable bonds is 5. The average molecular weight is 348 g/mol. The third-order valence-corrected chi connectivity index (χ3v) is 4.74. The van der Waals surface area contributed by atoms with Crippen molar-refractivity contribution in [1.82, 2.24) is 9.78 Å². The summed E-state index contributed by atoms with van der Waals surface area (Å²) in [7, 11) is 0. The number of aromatic nitrogens is 2. The maximum atomic E-state index is 12.1. The molecule has 0 saturated carbocycles. The molecule has 3 rings (SSSR count). The number of aryl methyl sites for hydroxylation is 3. The van der Waals surface area contributed by atoms with Crippen molar-refractivity contribution in [3.8, 4) is 16.9 Å². The zero-order valence-corrected chi connectivity index (χ0v) is 15.7. The zero-order valence-electron chi connectivity index (χ0n) is 15.7. The molecule has 0 saturated heterocycles. The maximum absolute atomic E-state index is 12.1. The maximum Gasteiger partial charge on any atom is 0.339 e. The van der Waals surface area contributed by atoms with Crippen molar-refractivity contribution in [2.24, 2.45) is 0 Å². The molecule has 0 spiro atoms. The van der Waals surface area contributed by atoms with Crippen molar-refractivity contribution in [2.75, 3.05) is 0 Å². The Hall–Kier alpha value is -2.88. The standard InChI is InChI=1S/C22H24N2O2/c1-5-6-19-20(22(25)26)21(17-10-7-14(2)8-11-17)23-24(19)18-12-9-15(3)16(4)13-18/h7-13H,5-6H2,1-4H3,(H,25,26). The molecule has 1 N–H and O–H groups in total. The van der Waals surface area contributed by atoms with Crippen LogP contribution in [0, 0.1) is 20.8 Å². The lowest BCUT2D eigenvalue weighted by Crippen LogP contribution is -2.07. The van der Waals surface area contributed by atoms with Gasteiger partial charge in [0.2, 0.25) is 0 Å². The van der Waals surface area contributed by atoms with Gasteiger partial charge in [-0.1, -0.05) is 49.2 Å². The molecule has 1 heterocycles. The van der Waals surface area contributed by atoms with Crippen LogP contribution in [0.3, 0.4) is 0 Å². The average Bonchev–Trinajstić information content (AvgIpc) is 2.98. The summed E-state index contributed by atoms with van der Waals surface area (Å²) in [6.45, 7) is 8.18. The molecular weight excluding hydrogens is 324 g/mol. The highest BCUT2D eigenvalue weighted by molar-refractivity contribution is 5.96. The van der Waals surface area contributed by atoms with Gasteiger partial charge in [-0.15, -0.1) is 0 Å². The fraction of sp³-hybridized carbons (Fsp3) is 0.273. The first-order chi connectivity index (χ1) is 12.4. The molecule has 3 aromatic rings. The molecule has 134 valence electrons. The summed E-state index contributed by atoms with van der Waals surface area (Å²) < 4.78 is 1.80. The Morgan fingerprint density at radius 1 is 1.04 bits per heavy atom. The molecule has 26 heavy (non-hydrogen) atoms. The third-order valence-electron chi connectivity index (χ3n) is 4.74. The first-order valence-corrected chi connectivity index (χ1v) is 8.92. The van der Waals surface area contributed by atoms with E-state index in [1.54, 1.807) is 4.68 Å². The van der Waals surface area contributed by atoms with Crippen LogP contribution in [-0.2, 0) is 6.42 Å².